The second-order valence-electron chi connectivity index (χ2n) is 2.45. The van der Waals surface area contributed by atoms with Crippen LogP contribution in [0.4, 0.5) is 0 Å². The molecule has 0 aromatic carbocycles. The molecule has 0 amide bonds. The summed E-state index contributed by atoms with van der Waals surface area (Å²) < 4.78 is 15.2. The monoisotopic (exact) mass is 186 g/mol. The van der Waals surface area contributed by atoms with Gasteiger partial charge in [-0.3, -0.25) is 0 Å². The van der Waals surface area contributed by atoms with Gasteiger partial charge in [-0.25, -0.2) is 0 Å². The maximum atomic E-state index is 5.50. The predicted octanol–water partition coefficient (Wildman–Crippen LogP) is 2.80. The molecule has 0 aromatic heterocycles. The van der Waals surface area contributed by atoms with E-state index in [0.29, 0.717) is 0 Å². The number of rotatable bonds is 6. The molecule has 0 bridgehead atoms. The number of hydrogen-bond acceptors (Lipinski definition) is 3. The van der Waals surface area contributed by atoms with Crippen molar-refractivity contribution in [2.45, 2.75) is 26.7 Å². The molecule has 0 atom stereocenters. The number of allylic oxidation sites excluding steroid dienone is 2. The second kappa shape index (κ2) is 7.53. The van der Waals surface area contributed by atoms with Crippen molar-refractivity contribution in [1.82, 2.24) is 0 Å². The van der Waals surface area contributed by atoms with Gasteiger partial charge in [-0.2, -0.15) is 0 Å². The Hall–Kier alpha value is -1.12. The lowest BCUT2D eigenvalue weighted by Crippen LogP contribution is -1.93. The Morgan fingerprint density at radius 3 is 1.54 bits per heavy atom. The first-order valence-electron chi connectivity index (χ1n) is 4.39. The fraction of sp³-hybridized carbons (Fsp3) is 0.600. The van der Waals surface area contributed by atoms with Gasteiger partial charge < -0.3 is 14.2 Å². The van der Waals surface area contributed by atoms with Crippen molar-refractivity contribution in [3.8, 4) is 0 Å². The fourth-order valence-electron chi connectivity index (χ4n) is 0.790. The van der Waals surface area contributed by atoms with E-state index >= 15 is 0 Å². The molecule has 76 valence electrons. The van der Waals surface area contributed by atoms with Gasteiger partial charge in [0, 0.05) is 12.8 Å². The maximum Gasteiger partial charge on any atom is 0.138 e. The summed E-state index contributed by atoms with van der Waals surface area (Å²) >= 11 is 0. The summed E-state index contributed by atoms with van der Waals surface area (Å²) in [4.78, 5) is 0. The molecular formula is C10H18O3. The van der Waals surface area contributed by atoms with Crippen LogP contribution in [0.25, 0.3) is 0 Å². The van der Waals surface area contributed by atoms with Gasteiger partial charge >= 0.3 is 0 Å². The molecule has 0 saturated heterocycles. The average Bonchev–Trinajstić information content (AvgIpc) is 2.16. The lowest BCUT2D eigenvalue weighted by molar-refractivity contribution is 0.222. The van der Waals surface area contributed by atoms with Crippen LogP contribution in [0.1, 0.15) is 26.7 Å². The van der Waals surface area contributed by atoms with Crippen molar-refractivity contribution in [1.29, 1.82) is 0 Å². The van der Waals surface area contributed by atoms with Crippen LogP contribution >= 0.6 is 0 Å². The van der Waals surface area contributed by atoms with E-state index in [0.717, 1.165) is 24.4 Å². The second-order valence-corrected chi connectivity index (χ2v) is 2.45. The van der Waals surface area contributed by atoms with Gasteiger partial charge in [-0.1, -0.05) is 13.8 Å². The first-order valence-corrected chi connectivity index (χ1v) is 4.39. The zero-order chi connectivity index (χ0) is 10.1. The van der Waals surface area contributed by atoms with Crippen LogP contribution in [0.5, 0.6) is 0 Å². The van der Waals surface area contributed by atoms with Crippen LogP contribution in [0.3, 0.4) is 0 Å². The lowest BCUT2D eigenvalue weighted by Gasteiger charge is -2.09. The molecule has 0 rings (SSSR count). The van der Waals surface area contributed by atoms with Crippen LogP contribution in [0.2, 0.25) is 0 Å². The zero-order valence-electron chi connectivity index (χ0n) is 8.79. The number of hydrogen-bond donors (Lipinski definition) is 0. The number of ether oxygens (including phenoxy) is 3. The summed E-state index contributed by atoms with van der Waals surface area (Å²) in [5.74, 6) is 1.60. The maximum absolute atomic E-state index is 5.50. The summed E-state index contributed by atoms with van der Waals surface area (Å²) in [7, 11) is 3.20. The van der Waals surface area contributed by atoms with Crippen molar-refractivity contribution in [3.63, 3.8) is 0 Å². The molecule has 0 heterocycles. The molecule has 0 fully saturated rings. The van der Waals surface area contributed by atoms with Crippen LogP contribution in [0.15, 0.2) is 24.0 Å². The van der Waals surface area contributed by atoms with E-state index < -0.39 is 0 Å². The molecule has 13 heavy (non-hydrogen) atoms. The Balaban J connectivity index is 4.19. The van der Waals surface area contributed by atoms with Crippen LogP contribution < -0.4 is 0 Å². The summed E-state index contributed by atoms with van der Waals surface area (Å²) in [6.07, 6.45) is 4.79. The van der Waals surface area contributed by atoms with E-state index in [1.54, 1.807) is 26.7 Å². The lowest BCUT2D eigenvalue weighted by atomic mass is 10.4. The molecule has 0 radical (unpaired) electrons. The van der Waals surface area contributed by atoms with E-state index in [-0.39, 0.29) is 0 Å². The van der Waals surface area contributed by atoms with E-state index in [1.807, 2.05) is 13.8 Å². The van der Waals surface area contributed by atoms with Gasteiger partial charge in [0.2, 0.25) is 0 Å². The van der Waals surface area contributed by atoms with E-state index in [4.69, 9.17) is 14.2 Å². The Kier molecular flexibility index (Phi) is 6.88. The largest absolute Gasteiger partial charge is 0.501 e. The molecule has 0 spiro atoms. The molecule has 3 heteroatoms. The smallest absolute Gasteiger partial charge is 0.138 e. The topological polar surface area (TPSA) is 27.7 Å². The Morgan fingerprint density at radius 1 is 0.923 bits per heavy atom. The van der Waals surface area contributed by atoms with Gasteiger partial charge in [-0.05, 0) is 0 Å². The standard InChI is InChI=1S/C10H18O3/c1-5-9(7-11-3)13-10(6-2)8-12-4/h7-8H,5-6H2,1-4H3. The quantitative estimate of drug-likeness (QED) is 0.597. The Labute approximate surface area is 80.0 Å². The van der Waals surface area contributed by atoms with Crippen LogP contribution in [-0.2, 0) is 14.2 Å². The Morgan fingerprint density at radius 2 is 1.31 bits per heavy atom. The molecular weight excluding hydrogens is 168 g/mol. The van der Waals surface area contributed by atoms with Crippen molar-refractivity contribution in [2.75, 3.05) is 14.2 Å². The first kappa shape index (κ1) is 11.9. The van der Waals surface area contributed by atoms with Crippen molar-refractivity contribution in [3.05, 3.63) is 24.0 Å². The highest BCUT2D eigenvalue weighted by Crippen LogP contribution is 2.12. The molecule has 0 aliphatic carbocycles. The van der Waals surface area contributed by atoms with Crippen molar-refractivity contribution in [2.24, 2.45) is 0 Å². The van der Waals surface area contributed by atoms with Gasteiger partial charge in [0.15, 0.2) is 0 Å². The minimum atomic E-state index is 0.799. The van der Waals surface area contributed by atoms with Gasteiger partial charge in [0.25, 0.3) is 0 Å². The highest BCUT2D eigenvalue weighted by atomic mass is 16.5. The molecule has 3 nitrogen and oxygen atoms in total. The molecule has 0 saturated carbocycles. The normalized spacial score (nSPS) is 12.6. The fourth-order valence-corrected chi connectivity index (χ4v) is 0.790. The third-order valence-corrected chi connectivity index (χ3v) is 1.46. The molecule has 0 aromatic rings. The highest BCUT2D eigenvalue weighted by molar-refractivity contribution is 4.96. The van der Waals surface area contributed by atoms with Crippen LogP contribution in [0, 0.1) is 0 Å². The van der Waals surface area contributed by atoms with Crippen molar-refractivity contribution < 1.29 is 14.2 Å². The predicted molar refractivity (Wildman–Crippen MR) is 51.9 cm³/mol. The van der Waals surface area contributed by atoms with E-state index in [1.165, 1.54) is 0 Å². The van der Waals surface area contributed by atoms with Gasteiger partial charge in [0.1, 0.15) is 24.0 Å². The molecule has 0 aliphatic rings. The summed E-state index contributed by atoms with van der Waals surface area (Å²) in [6.45, 7) is 4.01. The van der Waals surface area contributed by atoms with Crippen molar-refractivity contribution >= 4 is 0 Å². The summed E-state index contributed by atoms with van der Waals surface area (Å²) in [6, 6.07) is 0. The third kappa shape index (κ3) is 5.17. The first-order chi connectivity index (χ1) is 6.28. The van der Waals surface area contributed by atoms with E-state index in [2.05, 4.69) is 0 Å². The van der Waals surface area contributed by atoms with Gasteiger partial charge in [-0.15, -0.1) is 0 Å². The minimum absolute atomic E-state index is 0.799. The SMILES string of the molecule is CCC(=COC)OC(=COC)CC. The minimum Gasteiger partial charge on any atom is -0.501 e. The highest BCUT2D eigenvalue weighted by Gasteiger charge is 2.00. The van der Waals surface area contributed by atoms with E-state index in [9.17, 15) is 0 Å². The summed E-state index contributed by atoms with van der Waals surface area (Å²) in [5.41, 5.74) is 0. The molecule has 0 N–H and O–H groups in total. The van der Waals surface area contributed by atoms with Gasteiger partial charge in [0.05, 0.1) is 14.2 Å². The number of methoxy groups -OCH3 is 2. The molecule has 0 unspecified atom stereocenters. The zero-order valence-corrected chi connectivity index (χ0v) is 8.79. The Bertz CT molecular complexity index is 163. The average molecular weight is 186 g/mol. The third-order valence-electron chi connectivity index (χ3n) is 1.46. The summed E-state index contributed by atoms with van der Waals surface area (Å²) in [5, 5.41) is 0. The van der Waals surface area contributed by atoms with Crippen LogP contribution in [-0.4, -0.2) is 14.2 Å². The molecule has 0 aliphatic heterocycles.